The molecular weight excluding hydrogens is 921 g/mol. The quantitative estimate of drug-likeness (QED) is 0.0330. The summed E-state index contributed by atoms with van der Waals surface area (Å²) in [7, 11) is 0. The molecule has 0 aliphatic heterocycles. The van der Waals surface area contributed by atoms with Crippen LogP contribution in [0.2, 0.25) is 0 Å². The van der Waals surface area contributed by atoms with Crippen LogP contribution in [0.25, 0.3) is 0 Å². The smallest absolute Gasteiger partial charge is 0.234 e. The SMILES string of the molecule is CCCCCCCCCCCCNC(=O)CNCCN(CCN(CCNCC(=O)NCCCCCCCCCCCC)CC(=O)NCCCCCCCCCCCC)CC(=O)NCCCCCCCCCCCC. The summed E-state index contributed by atoms with van der Waals surface area (Å²) in [6, 6.07) is 0. The highest BCUT2D eigenvalue weighted by molar-refractivity contribution is 5.79. The first-order chi connectivity index (χ1) is 36.4. The number of nitrogens with one attached hydrogen (secondary N) is 6. The van der Waals surface area contributed by atoms with Crippen LogP contribution in [-0.2, 0) is 19.2 Å². The number of hydrogen-bond acceptors (Lipinski definition) is 8. The van der Waals surface area contributed by atoms with Crippen LogP contribution >= 0.6 is 0 Å². The molecule has 0 saturated heterocycles. The van der Waals surface area contributed by atoms with Crippen LogP contribution in [0.15, 0.2) is 0 Å². The summed E-state index contributed by atoms with van der Waals surface area (Å²) >= 11 is 0. The van der Waals surface area contributed by atoms with Crippen molar-refractivity contribution in [3.05, 3.63) is 0 Å². The standard InChI is InChI=1S/C62H126N8O4/c1-5-9-13-17-21-25-29-33-37-41-45-65-59(71)55-63-49-51-69(57-61(73)67-47-43-39-35-31-27-23-19-15-11-7-3)53-54-70(58-62(74)68-48-44-40-36-32-28-24-20-16-12-8-4)52-50-64-56-60(72)66-46-42-38-34-30-26-22-18-14-10-6-2/h63-64H,5-58H2,1-4H3,(H,65,71)(H,66,72)(H,67,73)(H,68,74). The highest BCUT2D eigenvalue weighted by Gasteiger charge is 2.16. The molecular formula is C62H126N8O4. The molecule has 0 atom stereocenters. The van der Waals surface area contributed by atoms with Gasteiger partial charge in [-0.05, 0) is 25.7 Å². The van der Waals surface area contributed by atoms with Crippen molar-refractivity contribution in [2.45, 2.75) is 285 Å². The molecule has 74 heavy (non-hydrogen) atoms. The molecule has 0 aliphatic rings. The summed E-state index contributed by atoms with van der Waals surface area (Å²) in [6.45, 7) is 16.4. The van der Waals surface area contributed by atoms with Crippen LogP contribution in [0.4, 0.5) is 0 Å². The Morgan fingerprint density at radius 2 is 0.446 bits per heavy atom. The van der Waals surface area contributed by atoms with Crippen molar-refractivity contribution in [3.63, 3.8) is 0 Å². The molecule has 0 radical (unpaired) electrons. The molecule has 4 amide bonds. The summed E-state index contributed by atoms with van der Waals surface area (Å²) in [6.07, 6.45) is 50.6. The van der Waals surface area contributed by atoms with Gasteiger partial charge in [0.1, 0.15) is 0 Å². The summed E-state index contributed by atoms with van der Waals surface area (Å²) in [5.41, 5.74) is 0. The predicted octanol–water partition coefficient (Wildman–Crippen LogP) is 12.9. The van der Waals surface area contributed by atoms with E-state index in [0.717, 1.165) is 51.4 Å². The second-order valence-electron chi connectivity index (χ2n) is 22.0. The third-order valence-corrected chi connectivity index (χ3v) is 14.7. The fourth-order valence-electron chi connectivity index (χ4n) is 9.70. The number of unbranched alkanes of at least 4 members (excludes halogenated alkanes) is 36. The predicted molar refractivity (Wildman–Crippen MR) is 318 cm³/mol. The van der Waals surface area contributed by atoms with Crippen LogP contribution in [0.1, 0.15) is 285 Å². The number of rotatable bonds is 61. The molecule has 0 aromatic rings. The Morgan fingerprint density at radius 1 is 0.243 bits per heavy atom. The average molecular weight is 1050 g/mol. The maximum Gasteiger partial charge on any atom is 0.234 e. The molecule has 0 aliphatic carbocycles. The van der Waals surface area contributed by atoms with Crippen LogP contribution in [0, 0.1) is 0 Å². The molecule has 0 aromatic carbocycles. The van der Waals surface area contributed by atoms with Gasteiger partial charge in [0.25, 0.3) is 0 Å². The van der Waals surface area contributed by atoms with Crippen LogP contribution < -0.4 is 31.9 Å². The normalized spacial score (nSPS) is 11.5. The largest absolute Gasteiger partial charge is 0.355 e. The third kappa shape index (κ3) is 55.9. The Bertz CT molecular complexity index is 1120. The Kier molecular flexibility index (Phi) is 58.1. The van der Waals surface area contributed by atoms with Crippen LogP contribution in [0.5, 0.6) is 0 Å². The van der Waals surface area contributed by atoms with E-state index in [2.05, 4.69) is 69.4 Å². The van der Waals surface area contributed by atoms with Crippen molar-refractivity contribution in [1.29, 1.82) is 0 Å². The third-order valence-electron chi connectivity index (χ3n) is 14.7. The van der Waals surface area contributed by atoms with E-state index in [1.807, 2.05) is 0 Å². The van der Waals surface area contributed by atoms with Gasteiger partial charge in [-0.25, -0.2) is 0 Å². The van der Waals surface area contributed by atoms with Crippen molar-refractivity contribution in [2.24, 2.45) is 0 Å². The van der Waals surface area contributed by atoms with Gasteiger partial charge in [-0.1, -0.05) is 259 Å². The first-order valence-corrected chi connectivity index (χ1v) is 32.3. The van der Waals surface area contributed by atoms with E-state index in [9.17, 15) is 19.2 Å². The monoisotopic (exact) mass is 1050 g/mol. The Hall–Kier alpha value is -2.28. The first kappa shape index (κ1) is 71.7. The second-order valence-corrected chi connectivity index (χ2v) is 22.0. The lowest BCUT2D eigenvalue weighted by atomic mass is 10.1. The molecule has 0 rings (SSSR count). The lowest BCUT2D eigenvalue weighted by Gasteiger charge is -2.27. The zero-order chi connectivity index (χ0) is 53.9. The summed E-state index contributed by atoms with van der Waals surface area (Å²) in [4.78, 5) is 56.4. The minimum Gasteiger partial charge on any atom is -0.355 e. The Balaban J connectivity index is 5.19. The van der Waals surface area contributed by atoms with Gasteiger partial charge in [0.15, 0.2) is 0 Å². The van der Waals surface area contributed by atoms with Gasteiger partial charge in [0.05, 0.1) is 26.2 Å². The molecule has 0 fully saturated rings. The molecule has 6 N–H and O–H groups in total. The first-order valence-electron chi connectivity index (χ1n) is 32.3. The van der Waals surface area contributed by atoms with Crippen molar-refractivity contribution in [3.8, 4) is 0 Å². The molecule has 438 valence electrons. The van der Waals surface area contributed by atoms with Crippen molar-refractivity contribution in [2.75, 3.05) is 91.6 Å². The summed E-state index contributed by atoms with van der Waals surface area (Å²) in [5.74, 6) is 0.0521. The fraction of sp³-hybridized carbons (Fsp3) is 0.935. The summed E-state index contributed by atoms with van der Waals surface area (Å²) in [5, 5.41) is 19.2. The van der Waals surface area contributed by atoms with Gasteiger partial charge in [-0.15, -0.1) is 0 Å². The van der Waals surface area contributed by atoms with Gasteiger partial charge in [-0.2, -0.15) is 0 Å². The Labute approximate surface area is 458 Å². The number of hydrogen-bond donors (Lipinski definition) is 6. The minimum absolute atomic E-state index is 0.0108. The molecule has 0 bridgehead atoms. The van der Waals surface area contributed by atoms with E-state index in [-0.39, 0.29) is 49.8 Å². The lowest BCUT2D eigenvalue weighted by Crippen LogP contribution is -2.47. The number of carbonyl (C=O) groups excluding carboxylic acids is 4. The fourth-order valence-corrected chi connectivity index (χ4v) is 9.70. The molecule has 0 saturated carbocycles. The van der Waals surface area contributed by atoms with E-state index in [1.54, 1.807) is 0 Å². The van der Waals surface area contributed by atoms with Crippen molar-refractivity contribution >= 4 is 23.6 Å². The van der Waals surface area contributed by atoms with E-state index in [0.29, 0.717) is 65.4 Å². The topological polar surface area (TPSA) is 147 Å². The van der Waals surface area contributed by atoms with E-state index >= 15 is 0 Å². The average Bonchev–Trinajstić information content (AvgIpc) is 3.39. The van der Waals surface area contributed by atoms with Crippen LogP contribution in [-0.4, -0.2) is 125 Å². The lowest BCUT2D eigenvalue weighted by molar-refractivity contribution is -0.123. The van der Waals surface area contributed by atoms with Gasteiger partial charge < -0.3 is 31.9 Å². The van der Waals surface area contributed by atoms with E-state index in [1.165, 1.54) is 205 Å². The molecule has 0 spiro atoms. The second kappa shape index (κ2) is 60.0. The number of amides is 4. The maximum absolute atomic E-state index is 13.3. The van der Waals surface area contributed by atoms with E-state index < -0.39 is 0 Å². The van der Waals surface area contributed by atoms with Crippen molar-refractivity contribution < 1.29 is 19.2 Å². The summed E-state index contributed by atoms with van der Waals surface area (Å²) < 4.78 is 0. The molecule has 12 heteroatoms. The van der Waals surface area contributed by atoms with Gasteiger partial charge in [0.2, 0.25) is 23.6 Å². The van der Waals surface area contributed by atoms with Crippen LogP contribution in [0.3, 0.4) is 0 Å². The molecule has 0 unspecified atom stereocenters. The Morgan fingerprint density at radius 3 is 0.676 bits per heavy atom. The van der Waals surface area contributed by atoms with Gasteiger partial charge >= 0.3 is 0 Å². The van der Waals surface area contributed by atoms with Gasteiger partial charge in [-0.3, -0.25) is 29.0 Å². The zero-order valence-corrected chi connectivity index (χ0v) is 49.7. The highest BCUT2D eigenvalue weighted by atomic mass is 16.2. The van der Waals surface area contributed by atoms with Crippen molar-refractivity contribution in [1.82, 2.24) is 41.7 Å². The number of nitrogens with zero attached hydrogens (tertiary/aromatic N) is 2. The minimum atomic E-state index is 0.0108. The van der Waals surface area contributed by atoms with E-state index in [4.69, 9.17) is 0 Å². The molecule has 0 heterocycles. The van der Waals surface area contributed by atoms with Gasteiger partial charge in [0, 0.05) is 65.4 Å². The highest BCUT2D eigenvalue weighted by Crippen LogP contribution is 2.14. The molecule has 12 nitrogen and oxygen atoms in total. The maximum atomic E-state index is 13.3. The number of carbonyl (C=O) groups is 4. The molecule has 0 aromatic heterocycles. The zero-order valence-electron chi connectivity index (χ0n) is 49.7.